The minimum Gasteiger partial charge on any atom is -0.287 e. The minimum atomic E-state index is -0.953. The Balaban J connectivity index is 1.69. The van der Waals surface area contributed by atoms with E-state index in [4.69, 9.17) is 0 Å². The van der Waals surface area contributed by atoms with Crippen molar-refractivity contribution in [3.8, 4) is 0 Å². The largest absolute Gasteiger partial charge is 0.287 e. The first-order chi connectivity index (χ1) is 12.9. The summed E-state index contributed by atoms with van der Waals surface area (Å²) in [7, 11) is 0. The van der Waals surface area contributed by atoms with Crippen molar-refractivity contribution in [3.05, 3.63) is 69.8 Å². The summed E-state index contributed by atoms with van der Waals surface area (Å²) in [6.07, 6.45) is -0.171. The zero-order chi connectivity index (χ0) is 19.6. The van der Waals surface area contributed by atoms with Crippen LogP contribution in [0.5, 0.6) is 0 Å². The lowest BCUT2D eigenvalue weighted by molar-refractivity contribution is -0.384. The molecule has 0 radical (unpaired) electrons. The van der Waals surface area contributed by atoms with Crippen LogP contribution in [-0.2, 0) is 9.59 Å². The number of nitrogens with one attached hydrogen (secondary N) is 2. The van der Waals surface area contributed by atoms with Crippen LogP contribution in [0.4, 0.5) is 11.4 Å². The Labute approximate surface area is 154 Å². The fraction of sp³-hybridized carbons (Fsp3) is 0.167. The van der Waals surface area contributed by atoms with Gasteiger partial charge in [0.25, 0.3) is 17.5 Å². The summed E-state index contributed by atoms with van der Waals surface area (Å²) in [5.41, 5.74) is 6.28. The highest BCUT2D eigenvalue weighted by molar-refractivity contribution is 6.22. The van der Waals surface area contributed by atoms with Gasteiger partial charge in [0.05, 0.1) is 17.0 Å². The van der Waals surface area contributed by atoms with Gasteiger partial charge in [-0.3, -0.25) is 29.9 Å². The maximum absolute atomic E-state index is 12.5. The average Bonchev–Trinajstić information content (AvgIpc) is 2.94. The number of hydrazine groups is 1. The van der Waals surface area contributed by atoms with Gasteiger partial charge in [-0.25, -0.2) is 10.3 Å². The monoisotopic (exact) mass is 368 g/mol. The van der Waals surface area contributed by atoms with Gasteiger partial charge in [0.1, 0.15) is 6.04 Å². The predicted octanol–water partition coefficient (Wildman–Crippen LogP) is 1.47. The van der Waals surface area contributed by atoms with E-state index in [1.165, 1.54) is 18.2 Å². The van der Waals surface area contributed by atoms with Gasteiger partial charge in [-0.2, -0.15) is 0 Å². The topological polar surface area (TPSA) is 122 Å². The normalized spacial score (nSPS) is 16.5. The molecule has 3 amide bonds. The molecule has 1 unspecified atom stereocenters. The number of rotatable bonds is 5. The zero-order valence-corrected chi connectivity index (χ0v) is 14.3. The number of hydrogen-bond donors (Lipinski definition) is 2. The summed E-state index contributed by atoms with van der Waals surface area (Å²) < 4.78 is 0. The molecule has 0 bridgehead atoms. The van der Waals surface area contributed by atoms with Crippen molar-refractivity contribution in [2.75, 3.05) is 4.90 Å². The van der Waals surface area contributed by atoms with Gasteiger partial charge < -0.3 is 0 Å². The Morgan fingerprint density at radius 3 is 2.56 bits per heavy atom. The molecule has 0 saturated carbocycles. The quantitative estimate of drug-likeness (QED) is 0.468. The number of nitro groups is 1. The first-order valence-electron chi connectivity index (χ1n) is 8.10. The molecule has 0 aromatic heterocycles. The van der Waals surface area contributed by atoms with Gasteiger partial charge in [-0.1, -0.05) is 23.8 Å². The molecule has 1 fully saturated rings. The van der Waals surface area contributed by atoms with Crippen molar-refractivity contribution in [3.63, 3.8) is 0 Å². The number of anilines is 1. The summed E-state index contributed by atoms with van der Waals surface area (Å²) in [6.45, 7) is 1.89. The molecule has 1 heterocycles. The second-order valence-electron chi connectivity index (χ2n) is 6.07. The third kappa shape index (κ3) is 3.82. The van der Waals surface area contributed by atoms with Crippen molar-refractivity contribution < 1.29 is 19.3 Å². The number of aryl methyl sites for hydroxylation is 1. The van der Waals surface area contributed by atoms with E-state index in [0.29, 0.717) is 5.56 Å². The molecule has 1 aliphatic heterocycles. The van der Waals surface area contributed by atoms with Crippen molar-refractivity contribution in [2.45, 2.75) is 19.4 Å². The molecule has 1 aliphatic rings. The zero-order valence-electron chi connectivity index (χ0n) is 14.3. The van der Waals surface area contributed by atoms with Crippen LogP contribution in [0.15, 0.2) is 48.5 Å². The smallest absolute Gasteiger partial charge is 0.271 e. The number of non-ortho nitro benzene ring substituents is 1. The van der Waals surface area contributed by atoms with Crippen molar-refractivity contribution in [1.82, 2.24) is 10.9 Å². The molecule has 9 heteroatoms. The van der Waals surface area contributed by atoms with Gasteiger partial charge in [-0.05, 0) is 25.1 Å². The van der Waals surface area contributed by atoms with Crippen LogP contribution in [0.25, 0.3) is 0 Å². The SMILES string of the molecule is Cc1ccc(C(=O)NNC2CC(=O)N(c3cccc([N+](=O)[O-])c3)C2=O)cc1. The number of nitro benzene ring substituents is 1. The Morgan fingerprint density at radius 1 is 1.19 bits per heavy atom. The predicted molar refractivity (Wildman–Crippen MR) is 95.8 cm³/mol. The lowest BCUT2D eigenvalue weighted by Gasteiger charge is -2.15. The van der Waals surface area contributed by atoms with Gasteiger partial charge in [0.2, 0.25) is 5.91 Å². The molecule has 2 N–H and O–H groups in total. The summed E-state index contributed by atoms with van der Waals surface area (Å²) in [6, 6.07) is 11.2. The van der Waals surface area contributed by atoms with Crippen LogP contribution in [0.1, 0.15) is 22.3 Å². The lowest BCUT2D eigenvalue weighted by Crippen LogP contribution is -2.48. The number of benzene rings is 2. The second kappa shape index (κ2) is 7.34. The molecule has 0 aliphatic carbocycles. The summed E-state index contributed by atoms with van der Waals surface area (Å²) in [4.78, 5) is 48.0. The summed E-state index contributed by atoms with van der Waals surface area (Å²) >= 11 is 0. The molecule has 1 saturated heterocycles. The van der Waals surface area contributed by atoms with E-state index in [-0.39, 0.29) is 17.8 Å². The fourth-order valence-electron chi connectivity index (χ4n) is 2.69. The number of nitrogens with zero attached hydrogens (tertiary/aromatic N) is 2. The van der Waals surface area contributed by atoms with Gasteiger partial charge in [0, 0.05) is 17.7 Å². The van der Waals surface area contributed by atoms with Crippen LogP contribution in [0, 0.1) is 17.0 Å². The first kappa shape index (κ1) is 18.2. The minimum absolute atomic E-state index is 0.119. The van der Waals surface area contributed by atoms with E-state index in [2.05, 4.69) is 10.9 Å². The average molecular weight is 368 g/mol. The Morgan fingerprint density at radius 2 is 1.89 bits per heavy atom. The maximum Gasteiger partial charge on any atom is 0.271 e. The van der Waals surface area contributed by atoms with Crippen LogP contribution >= 0.6 is 0 Å². The van der Waals surface area contributed by atoms with E-state index in [0.717, 1.165) is 16.5 Å². The number of hydrogen-bond acceptors (Lipinski definition) is 6. The van der Waals surface area contributed by atoms with Gasteiger partial charge >= 0.3 is 0 Å². The molecular formula is C18H16N4O5. The van der Waals surface area contributed by atoms with Crippen LogP contribution in [0.3, 0.4) is 0 Å². The summed E-state index contributed by atoms with van der Waals surface area (Å²) in [5.74, 6) is -1.55. The van der Waals surface area contributed by atoms with Crippen LogP contribution < -0.4 is 15.8 Å². The van der Waals surface area contributed by atoms with Crippen LogP contribution in [0.2, 0.25) is 0 Å². The standard InChI is InChI=1S/C18H16N4O5/c1-11-5-7-12(8-6-11)17(24)20-19-15-10-16(23)21(18(15)25)13-3-2-4-14(9-13)22(26)27/h2-9,15,19H,10H2,1H3,(H,20,24). The molecule has 2 aromatic rings. The van der Waals surface area contributed by atoms with E-state index in [1.807, 2.05) is 6.92 Å². The van der Waals surface area contributed by atoms with E-state index in [1.54, 1.807) is 24.3 Å². The molecule has 27 heavy (non-hydrogen) atoms. The molecule has 138 valence electrons. The van der Waals surface area contributed by atoms with Gasteiger partial charge in [-0.15, -0.1) is 0 Å². The van der Waals surface area contributed by atoms with Crippen molar-refractivity contribution in [1.29, 1.82) is 0 Å². The van der Waals surface area contributed by atoms with Crippen molar-refractivity contribution >= 4 is 29.1 Å². The number of amides is 3. The Hall–Kier alpha value is -3.59. The lowest BCUT2D eigenvalue weighted by atomic mass is 10.1. The highest BCUT2D eigenvalue weighted by Gasteiger charge is 2.40. The van der Waals surface area contributed by atoms with Crippen LogP contribution in [-0.4, -0.2) is 28.7 Å². The third-order valence-electron chi connectivity index (χ3n) is 4.12. The number of carbonyl (C=O) groups is 3. The fourth-order valence-corrected chi connectivity index (χ4v) is 2.69. The van der Waals surface area contributed by atoms with Gasteiger partial charge in [0.15, 0.2) is 0 Å². The van der Waals surface area contributed by atoms with E-state index >= 15 is 0 Å². The highest BCUT2D eigenvalue weighted by Crippen LogP contribution is 2.26. The third-order valence-corrected chi connectivity index (χ3v) is 4.12. The first-order valence-corrected chi connectivity index (χ1v) is 8.10. The molecule has 1 atom stereocenters. The van der Waals surface area contributed by atoms with E-state index < -0.39 is 28.7 Å². The second-order valence-corrected chi connectivity index (χ2v) is 6.07. The van der Waals surface area contributed by atoms with E-state index in [9.17, 15) is 24.5 Å². The molecule has 3 rings (SSSR count). The number of imide groups is 1. The highest BCUT2D eigenvalue weighted by atomic mass is 16.6. The molecule has 9 nitrogen and oxygen atoms in total. The maximum atomic E-state index is 12.5. The molecule has 2 aromatic carbocycles. The Kier molecular flexibility index (Phi) is 4.95. The molecule has 0 spiro atoms. The Bertz CT molecular complexity index is 926. The number of carbonyl (C=O) groups excluding carboxylic acids is 3. The summed E-state index contributed by atoms with van der Waals surface area (Å²) in [5, 5.41) is 10.9. The molecular weight excluding hydrogens is 352 g/mol. The van der Waals surface area contributed by atoms with Crippen molar-refractivity contribution in [2.24, 2.45) is 0 Å².